The van der Waals surface area contributed by atoms with Gasteiger partial charge in [-0.15, -0.1) is 0 Å². The fourth-order valence-corrected chi connectivity index (χ4v) is 4.54. The van der Waals surface area contributed by atoms with E-state index in [9.17, 15) is 10.2 Å². The minimum Gasteiger partial charge on any atom is -0.393 e. The predicted molar refractivity (Wildman–Crippen MR) is 136 cm³/mol. The van der Waals surface area contributed by atoms with Crippen LogP contribution in [0, 0.1) is 0 Å². The van der Waals surface area contributed by atoms with Crippen LogP contribution in [-0.2, 0) is 4.74 Å². The van der Waals surface area contributed by atoms with Crippen LogP contribution in [0.1, 0.15) is 156 Å². The molecule has 0 aliphatic heterocycles. The quantitative estimate of drug-likeness (QED) is 0.148. The van der Waals surface area contributed by atoms with Gasteiger partial charge in [0, 0.05) is 0 Å². The van der Waals surface area contributed by atoms with E-state index in [2.05, 4.69) is 27.7 Å². The summed E-state index contributed by atoms with van der Waals surface area (Å²) in [5.41, 5.74) is 0. The van der Waals surface area contributed by atoms with Gasteiger partial charge in [-0.3, -0.25) is 0 Å². The molecule has 0 aromatic carbocycles. The molecule has 0 aliphatic rings. The fourth-order valence-electron chi connectivity index (χ4n) is 4.54. The van der Waals surface area contributed by atoms with E-state index in [4.69, 9.17) is 4.74 Å². The highest BCUT2D eigenvalue weighted by molar-refractivity contribution is 4.66. The highest BCUT2D eigenvalue weighted by Gasteiger charge is 2.16. The maximum Gasteiger partial charge on any atom is 0.0575 e. The number of unbranched alkanes of at least 4 members (excludes halogenated alkanes) is 14. The molecule has 0 radical (unpaired) electrons. The van der Waals surface area contributed by atoms with Gasteiger partial charge in [0.15, 0.2) is 0 Å². The number of ether oxygens (including phenoxy) is 1. The predicted octanol–water partition coefficient (Wildman–Crippen LogP) is 8.34. The Morgan fingerprint density at radius 2 is 0.774 bits per heavy atom. The average molecular weight is 443 g/mol. The van der Waals surface area contributed by atoms with Crippen LogP contribution < -0.4 is 0 Å². The van der Waals surface area contributed by atoms with Gasteiger partial charge in [0.05, 0.1) is 24.4 Å². The zero-order valence-electron chi connectivity index (χ0n) is 21.8. The molecule has 0 fully saturated rings. The first-order valence-corrected chi connectivity index (χ1v) is 14.0. The summed E-state index contributed by atoms with van der Waals surface area (Å²) in [6, 6.07) is 0. The highest BCUT2D eigenvalue weighted by atomic mass is 16.5. The molecule has 0 saturated carbocycles. The fraction of sp³-hybridized carbons (Fsp3) is 1.00. The SMILES string of the molecule is CCCCCCCCCCC(O)CC(C)OC(C)CC(O)CCCCCCCCCC. The van der Waals surface area contributed by atoms with Gasteiger partial charge in [-0.25, -0.2) is 0 Å². The highest BCUT2D eigenvalue weighted by Crippen LogP contribution is 2.17. The minimum atomic E-state index is -0.260. The lowest BCUT2D eigenvalue weighted by atomic mass is 10.0. The molecule has 0 amide bonds. The summed E-state index contributed by atoms with van der Waals surface area (Å²) >= 11 is 0. The first-order chi connectivity index (χ1) is 15.0. The molecule has 4 atom stereocenters. The van der Waals surface area contributed by atoms with Crippen LogP contribution in [0.25, 0.3) is 0 Å². The molecule has 3 nitrogen and oxygen atoms in total. The van der Waals surface area contributed by atoms with E-state index < -0.39 is 0 Å². The van der Waals surface area contributed by atoms with E-state index in [1.165, 1.54) is 89.9 Å². The van der Waals surface area contributed by atoms with Gasteiger partial charge in [-0.1, -0.05) is 117 Å². The van der Waals surface area contributed by atoms with Crippen molar-refractivity contribution in [3.63, 3.8) is 0 Å². The summed E-state index contributed by atoms with van der Waals surface area (Å²) in [5.74, 6) is 0. The molecule has 2 N–H and O–H groups in total. The molecular weight excluding hydrogens is 384 g/mol. The molecule has 0 rings (SSSR count). The number of rotatable bonds is 24. The summed E-state index contributed by atoms with van der Waals surface area (Å²) in [5, 5.41) is 20.6. The smallest absolute Gasteiger partial charge is 0.0575 e. The Balaban J connectivity index is 3.61. The van der Waals surface area contributed by atoms with E-state index in [0.29, 0.717) is 12.8 Å². The molecule has 0 spiro atoms. The summed E-state index contributed by atoms with van der Waals surface area (Å²) in [6.07, 6.45) is 23.6. The van der Waals surface area contributed by atoms with E-state index >= 15 is 0 Å². The Hall–Kier alpha value is -0.120. The topological polar surface area (TPSA) is 49.7 Å². The van der Waals surface area contributed by atoms with Crippen molar-refractivity contribution < 1.29 is 14.9 Å². The lowest BCUT2D eigenvalue weighted by Gasteiger charge is -2.23. The minimum absolute atomic E-state index is 0.0503. The van der Waals surface area contributed by atoms with Crippen LogP contribution in [0.2, 0.25) is 0 Å². The van der Waals surface area contributed by atoms with Crippen LogP contribution in [0.4, 0.5) is 0 Å². The van der Waals surface area contributed by atoms with Crippen LogP contribution in [0.15, 0.2) is 0 Å². The molecule has 0 bridgehead atoms. The van der Waals surface area contributed by atoms with Gasteiger partial charge in [0.2, 0.25) is 0 Å². The maximum atomic E-state index is 10.3. The molecule has 0 aromatic rings. The second-order valence-corrected chi connectivity index (χ2v) is 10.1. The third-order valence-corrected chi connectivity index (χ3v) is 6.45. The first-order valence-electron chi connectivity index (χ1n) is 14.0. The van der Waals surface area contributed by atoms with E-state index in [1.807, 2.05) is 0 Å². The van der Waals surface area contributed by atoms with Crippen LogP contribution in [-0.4, -0.2) is 34.6 Å². The molecule has 31 heavy (non-hydrogen) atoms. The van der Waals surface area contributed by atoms with Crippen LogP contribution in [0.5, 0.6) is 0 Å². The Labute approximate surface area is 195 Å². The Kier molecular flexibility index (Phi) is 23.0. The molecular formula is C28H58O3. The van der Waals surface area contributed by atoms with Crippen molar-refractivity contribution in [2.75, 3.05) is 0 Å². The molecule has 0 aliphatic carbocycles. The van der Waals surface area contributed by atoms with Crippen molar-refractivity contribution in [2.45, 2.75) is 181 Å². The van der Waals surface area contributed by atoms with Gasteiger partial charge < -0.3 is 14.9 Å². The van der Waals surface area contributed by atoms with Gasteiger partial charge >= 0.3 is 0 Å². The van der Waals surface area contributed by atoms with Gasteiger partial charge in [-0.2, -0.15) is 0 Å². The summed E-state index contributed by atoms with van der Waals surface area (Å²) in [7, 11) is 0. The zero-order valence-corrected chi connectivity index (χ0v) is 21.8. The van der Waals surface area contributed by atoms with E-state index in [0.717, 1.165) is 25.7 Å². The van der Waals surface area contributed by atoms with Crippen LogP contribution >= 0.6 is 0 Å². The molecule has 188 valence electrons. The van der Waals surface area contributed by atoms with Crippen molar-refractivity contribution in [2.24, 2.45) is 0 Å². The van der Waals surface area contributed by atoms with Gasteiger partial charge in [0.1, 0.15) is 0 Å². The molecule has 0 heterocycles. The summed E-state index contributed by atoms with van der Waals surface area (Å²) < 4.78 is 6.04. The van der Waals surface area contributed by atoms with E-state index in [1.54, 1.807) is 0 Å². The monoisotopic (exact) mass is 442 g/mol. The lowest BCUT2D eigenvalue weighted by Crippen LogP contribution is -2.25. The summed E-state index contributed by atoms with van der Waals surface area (Å²) in [4.78, 5) is 0. The van der Waals surface area contributed by atoms with Crippen molar-refractivity contribution in [3.8, 4) is 0 Å². The average Bonchev–Trinajstić information content (AvgIpc) is 2.71. The second kappa shape index (κ2) is 23.1. The summed E-state index contributed by atoms with van der Waals surface area (Å²) in [6.45, 7) is 8.62. The van der Waals surface area contributed by atoms with Crippen molar-refractivity contribution >= 4 is 0 Å². The second-order valence-electron chi connectivity index (χ2n) is 10.1. The van der Waals surface area contributed by atoms with Crippen LogP contribution in [0.3, 0.4) is 0 Å². The Morgan fingerprint density at radius 3 is 1.10 bits per heavy atom. The molecule has 0 aromatic heterocycles. The maximum absolute atomic E-state index is 10.3. The Morgan fingerprint density at radius 1 is 0.484 bits per heavy atom. The third kappa shape index (κ3) is 22.9. The Bertz CT molecular complexity index is 315. The van der Waals surface area contributed by atoms with Gasteiger partial charge in [0.25, 0.3) is 0 Å². The van der Waals surface area contributed by atoms with Crippen molar-refractivity contribution in [1.82, 2.24) is 0 Å². The zero-order chi connectivity index (χ0) is 23.2. The molecule has 0 saturated heterocycles. The van der Waals surface area contributed by atoms with Crippen molar-refractivity contribution in [1.29, 1.82) is 0 Å². The van der Waals surface area contributed by atoms with E-state index in [-0.39, 0.29) is 24.4 Å². The third-order valence-electron chi connectivity index (χ3n) is 6.45. The van der Waals surface area contributed by atoms with Crippen molar-refractivity contribution in [3.05, 3.63) is 0 Å². The van der Waals surface area contributed by atoms with Gasteiger partial charge in [-0.05, 0) is 39.5 Å². The largest absolute Gasteiger partial charge is 0.393 e. The number of hydrogen-bond acceptors (Lipinski definition) is 3. The standard InChI is InChI=1S/C28H58O3/c1-5-7-9-11-13-15-17-19-21-27(29)23-25(3)31-26(4)24-28(30)22-20-18-16-14-12-10-8-6-2/h25-30H,5-24H2,1-4H3. The number of hydrogen-bond donors (Lipinski definition) is 2. The normalized spacial score (nSPS) is 15.7. The molecule has 4 unspecified atom stereocenters. The molecule has 3 heteroatoms. The lowest BCUT2D eigenvalue weighted by molar-refractivity contribution is -0.0395. The number of aliphatic hydroxyl groups is 2. The number of aliphatic hydroxyl groups excluding tert-OH is 2. The first kappa shape index (κ1) is 30.9.